The number of nitrogens with one attached hydrogen (secondary N) is 1. The Balaban J connectivity index is 0.00000220. The normalized spacial score (nSPS) is 16.3. The molecule has 0 aromatic carbocycles. The van der Waals surface area contributed by atoms with E-state index in [4.69, 9.17) is 4.74 Å². The lowest BCUT2D eigenvalue weighted by Gasteiger charge is -2.38. The van der Waals surface area contributed by atoms with Crippen molar-refractivity contribution >= 4 is 42.1 Å². The standard InChI is InChI=1S/C14H23N3O2S.2ClH/c1-11-16-12(9-20-11)8-17(2)13(18)14(10-19-3)4-6-15-7-5-14;;/h9,15H,4-8,10H2,1-3H3;2*1H. The minimum absolute atomic E-state index is 0. The number of nitrogens with zero attached hydrogens (tertiary/aromatic N) is 2. The van der Waals surface area contributed by atoms with E-state index in [9.17, 15) is 4.79 Å². The molecule has 1 amide bonds. The summed E-state index contributed by atoms with van der Waals surface area (Å²) in [5.74, 6) is 0.173. The van der Waals surface area contributed by atoms with E-state index in [1.807, 2.05) is 19.4 Å². The molecular formula is C14H25Cl2N3O2S. The van der Waals surface area contributed by atoms with Gasteiger partial charge in [0.2, 0.25) is 5.91 Å². The molecule has 2 rings (SSSR count). The van der Waals surface area contributed by atoms with Gasteiger partial charge in [-0.1, -0.05) is 0 Å². The van der Waals surface area contributed by atoms with Gasteiger partial charge in [-0.2, -0.15) is 0 Å². The highest BCUT2D eigenvalue weighted by molar-refractivity contribution is 7.09. The van der Waals surface area contributed by atoms with Crippen LogP contribution in [0.2, 0.25) is 0 Å². The van der Waals surface area contributed by atoms with E-state index in [1.165, 1.54) is 0 Å². The summed E-state index contributed by atoms with van der Waals surface area (Å²) in [6.45, 7) is 4.79. The molecule has 1 aromatic heterocycles. The molecule has 1 fully saturated rings. The molecule has 0 atom stereocenters. The van der Waals surface area contributed by atoms with Crippen molar-refractivity contribution in [3.63, 3.8) is 0 Å². The zero-order valence-electron chi connectivity index (χ0n) is 13.3. The molecule has 1 N–H and O–H groups in total. The van der Waals surface area contributed by atoms with E-state index in [1.54, 1.807) is 23.3 Å². The molecule has 1 aliphatic rings. The largest absolute Gasteiger partial charge is 0.384 e. The molecule has 1 saturated heterocycles. The number of carbonyl (C=O) groups excluding carboxylic acids is 1. The second-order valence-electron chi connectivity index (χ2n) is 5.48. The summed E-state index contributed by atoms with van der Waals surface area (Å²) >= 11 is 1.62. The quantitative estimate of drug-likeness (QED) is 0.864. The average molecular weight is 370 g/mol. The third-order valence-electron chi connectivity index (χ3n) is 3.85. The first-order chi connectivity index (χ1) is 9.57. The SMILES string of the molecule is COCC1(C(=O)N(C)Cc2csc(C)n2)CCNCC1.Cl.Cl. The minimum atomic E-state index is -0.375. The summed E-state index contributed by atoms with van der Waals surface area (Å²) in [6.07, 6.45) is 1.67. The predicted molar refractivity (Wildman–Crippen MR) is 94.2 cm³/mol. The second kappa shape index (κ2) is 9.67. The summed E-state index contributed by atoms with van der Waals surface area (Å²) in [7, 11) is 3.53. The van der Waals surface area contributed by atoms with Crippen LogP contribution in [0.25, 0.3) is 0 Å². The number of hydrogen-bond donors (Lipinski definition) is 1. The minimum Gasteiger partial charge on any atom is -0.384 e. The van der Waals surface area contributed by atoms with Crippen molar-refractivity contribution in [2.75, 3.05) is 33.9 Å². The van der Waals surface area contributed by atoms with Crippen LogP contribution in [0.3, 0.4) is 0 Å². The van der Waals surface area contributed by atoms with Gasteiger partial charge in [-0.25, -0.2) is 4.98 Å². The number of rotatable bonds is 5. The first-order valence-corrected chi connectivity index (χ1v) is 7.81. The lowest BCUT2D eigenvalue weighted by Crippen LogP contribution is -2.50. The van der Waals surface area contributed by atoms with Gasteiger partial charge >= 0.3 is 0 Å². The van der Waals surface area contributed by atoms with Crippen LogP contribution < -0.4 is 5.32 Å². The Morgan fingerprint density at radius 1 is 1.45 bits per heavy atom. The molecule has 5 nitrogen and oxygen atoms in total. The lowest BCUT2D eigenvalue weighted by atomic mass is 9.78. The lowest BCUT2D eigenvalue weighted by molar-refractivity contribution is -0.146. The highest BCUT2D eigenvalue weighted by Crippen LogP contribution is 2.31. The van der Waals surface area contributed by atoms with Crippen LogP contribution in [0.5, 0.6) is 0 Å². The summed E-state index contributed by atoms with van der Waals surface area (Å²) in [4.78, 5) is 19.0. The number of hydrogen-bond acceptors (Lipinski definition) is 5. The van der Waals surface area contributed by atoms with Crippen LogP contribution in [0.1, 0.15) is 23.5 Å². The third-order valence-corrected chi connectivity index (χ3v) is 4.67. The molecule has 8 heteroatoms. The maximum absolute atomic E-state index is 12.8. The van der Waals surface area contributed by atoms with Gasteiger partial charge in [-0.3, -0.25) is 4.79 Å². The molecular weight excluding hydrogens is 345 g/mol. The van der Waals surface area contributed by atoms with Crippen molar-refractivity contribution in [3.8, 4) is 0 Å². The third kappa shape index (κ3) is 5.06. The number of ether oxygens (including phenoxy) is 1. The number of piperidine rings is 1. The highest BCUT2D eigenvalue weighted by Gasteiger charge is 2.41. The monoisotopic (exact) mass is 369 g/mol. The van der Waals surface area contributed by atoms with Gasteiger partial charge in [0.05, 0.1) is 29.3 Å². The van der Waals surface area contributed by atoms with Crippen LogP contribution in [0, 0.1) is 12.3 Å². The van der Waals surface area contributed by atoms with E-state index in [2.05, 4.69) is 10.3 Å². The molecule has 0 unspecified atom stereocenters. The molecule has 22 heavy (non-hydrogen) atoms. The number of aryl methyl sites for hydroxylation is 1. The number of amides is 1. The van der Waals surface area contributed by atoms with Gasteiger partial charge in [0.15, 0.2) is 0 Å². The first kappa shape index (κ1) is 21.6. The molecule has 0 saturated carbocycles. The fourth-order valence-electron chi connectivity index (χ4n) is 2.80. The maximum atomic E-state index is 12.8. The van der Waals surface area contributed by atoms with E-state index in [0.29, 0.717) is 13.2 Å². The summed E-state index contributed by atoms with van der Waals surface area (Å²) in [5.41, 5.74) is 0.588. The maximum Gasteiger partial charge on any atom is 0.231 e. The van der Waals surface area contributed by atoms with Crippen LogP contribution in [-0.2, 0) is 16.1 Å². The topological polar surface area (TPSA) is 54.5 Å². The Morgan fingerprint density at radius 3 is 2.59 bits per heavy atom. The van der Waals surface area contributed by atoms with Crippen LogP contribution in [-0.4, -0.2) is 49.6 Å². The van der Waals surface area contributed by atoms with Gasteiger partial charge in [-0.15, -0.1) is 36.2 Å². The Hall–Kier alpha value is -0.400. The molecule has 1 aliphatic heterocycles. The number of aromatic nitrogens is 1. The fraction of sp³-hybridized carbons (Fsp3) is 0.714. The van der Waals surface area contributed by atoms with Crippen molar-refractivity contribution in [2.45, 2.75) is 26.3 Å². The van der Waals surface area contributed by atoms with Crippen LogP contribution in [0.15, 0.2) is 5.38 Å². The van der Waals surface area contributed by atoms with Crippen molar-refractivity contribution in [1.29, 1.82) is 0 Å². The summed E-state index contributed by atoms with van der Waals surface area (Å²) < 4.78 is 5.32. The van der Waals surface area contributed by atoms with E-state index in [0.717, 1.165) is 36.6 Å². The molecule has 0 radical (unpaired) electrons. The van der Waals surface area contributed by atoms with Gasteiger partial charge in [-0.05, 0) is 32.9 Å². The molecule has 0 bridgehead atoms. The number of methoxy groups -OCH3 is 1. The molecule has 0 spiro atoms. The summed E-state index contributed by atoms with van der Waals surface area (Å²) in [6, 6.07) is 0. The molecule has 1 aromatic rings. The number of carbonyl (C=O) groups is 1. The predicted octanol–water partition coefficient (Wildman–Crippen LogP) is 2.27. The van der Waals surface area contributed by atoms with E-state index < -0.39 is 0 Å². The van der Waals surface area contributed by atoms with Gasteiger partial charge in [0, 0.05) is 19.5 Å². The van der Waals surface area contributed by atoms with Crippen LogP contribution >= 0.6 is 36.2 Å². The Labute approximate surface area is 148 Å². The van der Waals surface area contributed by atoms with Crippen molar-refractivity contribution in [3.05, 3.63) is 16.1 Å². The number of thiazole rings is 1. The van der Waals surface area contributed by atoms with Crippen LogP contribution in [0.4, 0.5) is 0 Å². The highest BCUT2D eigenvalue weighted by atomic mass is 35.5. The average Bonchev–Trinajstić information content (AvgIpc) is 2.84. The molecule has 128 valence electrons. The molecule has 0 aliphatic carbocycles. The van der Waals surface area contributed by atoms with Gasteiger partial charge in [0.25, 0.3) is 0 Å². The van der Waals surface area contributed by atoms with Gasteiger partial charge in [0.1, 0.15) is 0 Å². The fourth-order valence-corrected chi connectivity index (χ4v) is 3.41. The Morgan fingerprint density at radius 2 is 2.09 bits per heavy atom. The van der Waals surface area contributed by atoms with E-state index >= 15 is 0 Å². The number of halogens is 2. The smallest absolute Gasteiger partial charge is 0.231 e. The zero-order chi connectivity index (χ0) is 14.6. The van der Waals surface area contributed by atoms with Crippen molar-refractivity contribution < 1.29 is 9.53 Å². The molecule has 2 heterocycles. The Bertz CT molecular complexity index is 459. The van der Waals surface area contributed by atoms with Crippen molar-refractivity contribution in [2.24, 2.45) is 5.41 Å². The van der Waals surface area contributed by atoms with Gasteiger partial charge < -0.3 is 15.0 Å². The zero-order valence-corrected chi connectivity index (χ0v) is 15.7. The summed E-state index contributed by atoms with van der Waals surface area (Å²) in [5, 5.41) is 6.36. The van der Waals surface area contributed by atoms with E-state index in [-0.39, 0.29) is 36.1 Å². The Kier molecular flexibility index (Phi) is 9.50. The second-order valence-corrected chi connectivity index (χ2v) is 6.54. The van der Waals surface area contributed by atoms with Crippen molar-refractivity contribution in [1.82, 2.24) is 15.2 Å². The first-order valence-electron chi connectivity index (χ1n) is 6.94.